The summed E-state index contributed by atoms with van der Waals surface area (Å²) < 4.78 is 68.9. The first-order valence-corrected chi connectivity index (χ1v) is 46.4. The Morgan fingerprint density at radius 3 is 0.755 bits per heavy atom. The Labute approximate surface area is 669 Å². The normalized spacial score (nSPS) is 14.4. The van der Waals surface area contributed by atoms with Crippen molar-refractivity contribution in [3.63, 3.8) is 0 Å². The summed E-state index contributed by atoms with van der Waals surface area (Å²) in [7, 11) is -9.98. The zero-order valence-electron chi connectivity index (χ0n) is 69.4. The number of carbonyl (C=O) groups is 4. The first-order chi connectivity index (χ1) is 53.7. The lowest BCUT2D eigenvalue weighted by atomic mass is 10.1. The van der Waals surface area contributed by atoms with Crippen LogP contribution in [0.3, 0.4) is 0 Å². The monoisotopic (exact) mass is 1580 g/mol. The summed E-state index contributed by atoms with van der Waals surface area (Å²) in [6.45, 7) is 4.62. The minimum atomic E-state index is -4.99. The third-order valence-corrected chi connectivity index (χ3v) is 20.0. The molecule has 0 radical (unpaired) electrons. The molecule has 0 aliphatic carbocycles. The zero-order chi connectivity index (χ0) is 80.3. The van der Waals surface area contributed by atoms with Crippen molar-refractivity contribution in [2.24, 2.45) is 0 Å². The maximum absolute atomic E-state index is 13.2. The van der Waals surface area contributed by atoms with Gasteiger partial charge in [-0.1, -0.05) is 309 Å². The Morgan fingerprint density at radius 1 is 0.264 bits per heavy atom. The highest BCUT2D eigenvalue weighted by Crippen LogP contribution is 2.45. The molecule has 17 nitrogen and oxygen atoms in total. The summed E-state index contributed by atoms with van der Waals surface area (Å²) in [6.07, 6.45) is 94.0. The number of ether oxygens (including phenoxy) is 4. The number of hydrogen-bond donors (Lipinski definition) is 3. The van der Waals surface area contributed by atoms with Crippen molar-refractivity contribution >= 4 is 39.5 Å². The van der Waals surface area contributed by atoms with Gasteiger partial charge in [0.15, 0.2) is 12.2 Å². The largest absolute Gasteiger partial charge is 0.472 e. The van der Waals surface area contributed by atoms with E-state index in [1.807, 2.05) is 0 Å². The van der Waals surface area contributed by atoms with E-state index >= 15 is 0 Å². The highest BCUT2D eigenvalue weighted by molar-refractivity contribution is 7.47. The number of phosphoric acid groups is 2. The smallest absolute Gasteiger partial charge is 0.462 e. The van der Waals surface area contributed by atoms with Crippen LogP contribution < -0.4 is 0 Å². The average Bonchev–Trinajstić information content (AvgIpc) is 0.900. The Bertz CT molecular complexity index is 2600. The number of unbranched alkanes of at least 4 members (excludes halogenated alkanes) is 33. The summed E-state index contributed by atoms with van der Waals surface area (Å²) in [6, 6.07) is 0. The Balaban J connectivity index is 5.41. The van der Waals surface area contributed by atoms with Crippen LogP contribution in [0.2, 0.25) is 0 Å². The van der Waals surface area contributed by atoms with E-state index in [9.17, 15) is 43.2 Å². The number of hydrogen-bond acceptors (Lipinski definition) is 15. The van der Waals surface area contributed by atoms with E-state index in [-0.39, 0.29) is 25.7 Å². The van der Waals surface area contributed by atoms with E-state index in [0.29, 0.717) is 25.7 Å². The third-order valence-electron chi connectivity index (χ3n) is 18.1. The number of phosphoric ester groups is 2. The fourth-order valence-corrected chi connectivity index (χ4v) is 13.1. The van der Waals surface area contributed by atoms with Crippen molar-refractivity contribution in [1.82, 2.24) is 0 Å². The Hall–Kier alpha value is -4.80. The summed E-state index contributed by atoms with van der Waals surface area (Å²) in [5.74, 6) is -2.21. The van der Waals surface area contributed by atoms with Gasteiger partial charge in [-0.25, -0.2) is 9.13 Å². The topological polar surface area (TPSA) is 237 Å². The molecule has 110 heavy (non-hydrogen) atoms. The SMILES string of the molecule is CC/C=C\C/C=C\C/C=C\C/C=C\CCCCCCCCC(=O)OCC(COP(=O)(O)OCC(O)COP(=O)(O)OCC(COC(=O)CCCCCCCCC/C=C\C/C=C\C/C=C\CC)OC(=O)CCCCCCC/C=C\CCCCCCCC)OC(=O)CCCCCCCC/C=C\C/C=C\C/C=C\CCCCC. The molecule has 0 heterocycles. The van der Waals surface area contributed by atoms with Gasteiger partial charge in [-0.15, -0.1) is 0 Å². The van der Waals surface area contributed by atoms with Gasteiger partial charge in [0.25, 0.3) is 0 Å². The van der Waals surface area contributed by atoms with Crippen LogP contribution in [0.1, 0.15) is 362 Å². The van der Waals surface area contributed by atoms with E-state index in [1.54, 1.807) is 0 Å². The quantitative estimate of drug-likeness (QED) is 0.0169. The highest BCUT2D eigenvalue weighted by atomic mass is 31.2. The van der Waals surface area contributed by atoms with Crippen LogP contribution >= 0.6 is 15.6 Å². The lowest BCUT2D eigenvalue weighted by Crippen LogP contribution is -2.30. The van der Waals surface area contributed by atoms with Crippen LogP contribution in [0.25, 0.3) is 0 Å². The maximum Gasteiger partial charge on any atom is 0.472 e. The minimum Gasteiger partial charge on any atom is -0.462 e. The van der Waals surface area contributed by atoms with E-state index in [4.69, 9.17) is 37.0 Å². The minimum absolute atomic E-state index is 0.0742. The molecular formula is C91H156O17P2. The van der Waals surface area contributed by atoms with Gasteiger partial charge in [-0.05, 0) is 161 Å². The van der Waals surface area contributed by atoms with Gasteiger partial charge in [0.1, 0.15) is 19.3 Å². The molecule has 5 atom stereocenters. The van der Waals surface area contributed by atoms with Crippen LogP contribution in [0, 0.1) is 0 Å². The highest BCUT2D eigenvalue weighted by Gasteiger charge is 2.30. The summed E-state index contributed by atoms with van der Waals surface area (Å²) in [5, 5.41) is 10.7. The predicted molar refractivity (Wildman–Crippen MR) is 454 cm³/mol. The molecule has 0 rings (SSSR count). The van der Waals surface area contributed by atoms with Crippen LogP contribution in [0.5, 0.6) is 0 Å². The summed E-state index contributed by atoms with van der Waals surface area (Å²) >= 11 is 0. The third kappa shape index (κ3) is 81.2. The number of esters is 4. The molecule has 19 heteroatoms. The van der Waals surface area contributed by atoms with Gasteiger partial charge in [0.05, 0.1) is 26.4 Å². The van der Waals surface area contributed by atoms with Gasteiger partial charge < -0.3 is 33.8 Å². The van der Waals surface area contributed by atoms with Crippen LogP contribution in [0.15, 0.2) is 134 Å². The zero-order valence-corrected chi connectivity index (χ0v) is 71.2. The first-order valence-electron chi connectivity index (χ1n) is 43.4. The first kappa shape index (κ1) is 105. The summed E-state index contributed by atoms with van der Waals surface area (Å²) in [5.41, 5.74) is 0. The van der Waals surface area contributed by atoms with Crippen molar-refractivity contribution in [3.8, 4) is 0 Å². The number of rotatable bonds is 81. The van der Waals surface area contributed by atoms with Crippen molar-refractivity contribution in [2.75, 3.05) is 39.6 Å². The Kier molecular flexibility index (Phi) is 78.6. The molecule has 0 aliphatic heterocycles. The van der Waals surface area contributed by atoms with E-state index in [0.717, 1.165) is 225 Å². The molecule has 0 amide bonds. The van der Waals surface area contributed by atoms with Gasteiger partial charge in [-0.2, -0.15) is 0 Å². The molecule has 0 fully saturated rings. The van der Waals surface area contributed by atoms with Gasteiger partial charge >= 0.3 is 39.5 Å². The van der Waals surface area contributed by atoms with Gasteiger partial charge in [0.2, 0.25) is 0 Å². The fraction of sp³-hybridized carbons (Fsp3) is 0.714. The second-order valence-corrected chi connectivity index (χ2v) is 31.6. The van der Waals surface area contributed by atoms with Gasteiger partial charge in [-0.3, -0.25) is 37.3 Å². The number of aliphatic hydroxyl groups excluding tert-OH is 1. The van der Waals surface area contributed by atoms with Crippen molar-refractivity contribution in [3.05, 3.63) is 134 Å². The number of carbonyl (C=O) groups excluding carboxylic acids is 4. The second kappa shape index (κ2) is 82.2. The molecule has 0 spiro atoms. The van der Waals surface area contributed by atoms with Crippen LogP contribution in [0.4, 0.5) is 0 Å². The molecule has 0 saturated carbocycles. The van der Waals surface area contributed by atoms with Crippen molar-refractivity contribution in [2.45, 2.75) is 380 Å². The van der Waals surface area contributed by atoms with E-state index in [1.165, 1.54) is 57.8 Å². The molecule has 0 aliphatic rings. The molecule has 0 aromatic heterocycles. The fourth-order valence-electron chi connectivity index (χ4n) is 11.5. The number of aliphatic hydroxyl groups is 1. The van der Waals surface area contributed by atoms with Crippen molar-refractivity contribution in [1.29, 1.82) is 0 Å². The second-order valence-electron chi connectivity index (χ2n) is 28.7. The molecule has 0 aromatic rings. The predicted octanol–water partition coefficient (Wildman–Crippen LogP) is 26.0. The summed E-state index contributed by atoms with van der Waals surface area (Å²) in [4.78, 5) is 73.3. The Morgan fingerprint density at radius 2 is 0.473 bits per heavy atom. The maximum atomic E-state index is 13.2. The molecule has 0 saturated heterocycles. The molecular weight excluding hydrogens is 1430 g/mol. The lowest BCUT2D eigenvalue weighted by molar-refractivity contribution is -0.161. The number of allylic oxidation sites excluding steroid dienone is 22. The molecule has 632 valence electrons. The molecule has 5 unspecified atom stereocenters. The van der Waals surface area contributed by atoms with E-state index < -0.39 is 97.5 Å². The molecule has 3 N–H and O–H groups in total. The van der Waals surface area contributed by atoms with Crippen molar-refractivity contribution < 1.29 is 80.2 Å². The van der Waals surface area contributed by atoms with Gasteiger partial charge in [0, 0.05) is 25.7 Å². The standard InChI is InChI=1S/C91H156O17P2/c1-5-9-13-17-21-25-29-33-37-40-42-45-49-52-56-60-64-68-72-76-89(94)102-82-87(108-91(96)78-74-70-66-62-58-54-50-46-43-41-38-34-30-26-22-18-14-10-6-2)84-106-110(99,100)104-80-85(92)79-103-109(97,98)105-83-86(107-90(95)77-73-69-65-61-57-53-47-36-32-28-24-20-16-12-8-4)81-101-88(93)75-71-67-63-59-55-51-48-44-39-35-31-27-23-19-15-11-7-3/h9,11,13,15,21-23,25-27,33-39,42-43,45-47,85-87,92H,5-8,10,12,14,16-20,24,28-32,40-41,44,48-84H2,1-4H3,(H,97,98)(H,99,100)/b13-9-,15-11-,25-21-,26-22-,27-23-,37-33-,38-34-,39-35-,45-42-,46-43-,47-36-. The molecule has 0 bridgehead atoms. The lowest BCUT2D eigenvalue weighted by Gasteiger charge is -2.21. The van der Waals surface area contributed by atoms with Crippen LogP contribution in [-0.4, -0.2) is 96.7 Å². The average molecular weight is 1580 g/mol. The van der Waals surface area contributed by atoms with Crippen LogP contribution in [-0.2, 0) is 65.4 Å². The van der Waals surface area contributed by atoms with E-state index in [2.05, 4.69) is 161 Å². The molecule has 0 aromatic carbocycles.